The summed E-state index contributed by atoms with van der Waals surface area (Å²) in [5.41, 5.74) is 2.03. The lowest BCUT2D eigenvalue weighted by Gasteiger charge is -2.36. The van der Waals surface area contributed by atoms with Crippen molar-refractivity contribution in [3.8, 4) is 5.82 Å². The van der Waals surface area contributed by atoms with Gasteiger partial charge in [0.1, 0.15) is 22.8 Å². The standard InChI is InChI=1S/C20H22N8S/c1-13-8-14(2)28(25-13)18-11-21-10-17(24-18)26-4-6-27(7-5-26)19-16-9-15(3)29-20(16)23-12-22-19/h8-12H,4-7H2,1-3H3. The molecule has 8 nitrogen and oxygen atoms in total. The van der Waals surface area contributed by atoms with Crippen LogP contribution in [0.1, 0.15) is 16.3 Å². The van der Waals surface area contributed by atoms with Crippen molar-refractivity contribution >= 4 is 33.2 Å². The van der Waals surface area contributed by atoms with E-state index in [1.165, 1.54) is 4.88 Å². The number of nitrogens with zero attached hydrogens (tertiary/aromatic N) is 8. The number of piperazine rings is 1. The van der Waals surface area contributed by atoms with E-state index in [4.69, 9.17) is 4.98 Å². The predicted molar refractivity (Wildman–Crippen MR) is 115 cm³/mol. The number of rotatable bonds is 3. The molecule has 4 aromatic rings. The van der Waals surface area contributed by atoms with Crippen molar-refractivity contribution in [1.29, 1.82) is 0 Å². The van der Waals surface area contributed by atoms with Gasteiger partial charge in [0.15, 0.2) is 5.82 Å². The SMILES string of the molecule is Cc1cc(C)n(-c2cncc(N3CCN(c4ncnc5sc(C)cc45)CC3)n2)n1. The second kappa shape index (κ2) is 7.07. The van der Waals surface area contributed by atoms with Gasteiger partial charge in [-0.2, -0.15) is 5.10 Å². The van der Waals surface area contributed by atoms with Gasteiger partial charge in [0.25, 0.3) is 0 Å². The quantitative estimate of drug-likeness (QED) is 0.518. The lowest BCUT2D eigenvalue weighted by molar-refractivity contribution is 0.640. The summed E-state index contributed by atoms with van der Waals surface area (Å²) in [5.74, 6) is 2.66. The van der Waals surface area contributed by atoms with Crippen molar-refractivity contribution in [3.05, 3.63) is 47.1 Å². The molecular weight excluding hydrogens is 384 g/mol. The lowest BCUT2D eigenvalue weighted by atomic mass is 10.2. The van der Waals surface area contributed by atoms with E-state index in [-0.39, 0.29) is 0 Å². The topological polar surface area (TPSA) is 75.9 Å². The van der Waals surface area contributed by atoms with Crippen LogP contribution in [0.3, 0.4) is 0 Å². The molecule has 0 aliphatic carbocycles. The fourth-order valence-corrected chi connectivity index (χ4v) is 4.67. The molecule has 1 fully saturated rings. The molecule has 9 heteroatoms. The zero-order chi connectivity index (χ0) is 20.0. The highest BCUT2D eigenvalue weighted by atomic mass is 32.1. The summed E-state index contributed by atoms with van der Waals surface area (Å²) in [5, 5.41) is 5.67. The Labute approximate surface area is 172 Å². The maximum Gasteiger partial charge on any atom is 0.174 e. The maximum atomic E-state index is 4.81. The van der Waals surface area contributed by atoms with Gasteiger partial charge in [-0.15, -0.1) is 11.3 Å². The van der Waals surface area contributed by atoms with Gasteiger partial charge < -0.3 is 9.80 Å². The molecule has 0 unspecified atom stereocenters. The van der Waals surface area contributed by atoms with E-state index < -0.39 is 0 Å². The summed E-state index contributed by atoms with van der Waals surface area (Å²) in [6.07, 6.45) is 5.26. The highest BCUT2D eigenvalue weighted by Crippen LogP contribution is 2.30. The molecule has 29 heavy (non-hydrogen) atoms. The Morgan fingerprint density at radius 2 is 1.66 bits per heavy atom. The van der Waals surface area contributed by atoms with Crippen LogP contribution < -0.4 is 9.80 Å². The Bertz CT molecular complexity index is 1170. The van der Waals surface area contributed by atoms with Gasteiger partial charge in [0.2, 0.25) is 0 Å². The zero-order valence-corrected chi connectivity index (χ0v) is 17.5. The Morgan fingerprint density at radius 3 is 2.41 bits per heavy atom. The van der Waals surface area contributed by atoms with Crippen molar-refractivity contribution in [2.75, 3.05) is 36.0 Å². The third kappa shape index (κ3) is 3.31. The summed E-state index contributed by atoms with van der Waals surface area (Å²) >= 11 is 1.72. The van der Waals surface area contributed by atoms with Crippen molar-refractivity contribution in [2.45, 2.75) is 20.8 Å². The average molecular weight is 407 g/mol. The van der Waals surface area contributed by atoms with Crippen LogP contribution in [0, 0.1) is 20.8 Å². The fraction of sp³-hybridized carbons (Fsp3) is 0.350. The molecule has 0 aromatic carbocycles. The largest absolute Gasteiger partial charge is 0.352 e. The predicted octanol–water partition coefficient (Wildman–Crippen LogP) is 2.92. The van der Waals surface area contributed by atoms with E-state index in [0.717, 1.165) is 65.2 Å². The summed E-state index contributed by atoms with van der Waals surface area (Å²) in [6, 6.07) is 4.23. The molecule has 0 amide bonds. The van der Waals surface area contributed by atoms with Crippen molar-refractivity contribution in [3.63, 3.8) is 0 Å². The van der Waals surface area contributed by atoms with Crippen LogP contribution in [0.4, 0.5) is 11.6 Å². The minimum atomic E-state index is 0.752. The highest BCUT2D eigenvalue weighted by molar-refractivity contribution is 7.18. The van der Waals surface area contributed by atoms with E-state index in [9.17, 15) is 0 Å². The molecule has 0 spiro atoms. The molecule has 0 saturated carbocycles. The smallest absolute Gasteiger partial charge is 0.174 e. The van der Waals surface area contributed by atoms with Gasteiger partial charge in [0, 0.05) is 36.8 Å². The first-order chi connectivity index (χ1) is 14.1. The van der Waals surface area contributed by atoms with Crippen LogP contribution in [0.25, 0.3) is 16.0 Å². The number of hydrogen-bond acceptors (Lipinski definition) is 8. The molecule has 0 atom stereocenters. The number of thiophene rings is 1. The van der Waals surface area contributed by atoms with E-state index in [1.807, 2.05) is 30.8 Å². The van der Waals surface area contributed by atoms with Gasteiger partial charge in [0.05, 0.1) is 23.5 Å². The zero-order valence-electron chi connectivity index (χ0n) is 16.7. The summed E-state index contributed by atoms with van der Waals surface area (Å²) in [6.45, 7) is 9.62. The molecular formula is C20H22N8S. The molecule has 0 bridgehead atoms. The van der Waals surface area contributed by atoms with Crippen molar-refractivity contribution in [2.24, 2.45) is 0 Å². The molecule has 1 aliphatic rings. The Balaban J connectivity index is 1.36. The van der Waals surface area contributed by atoms with E-state index in [0.29, 0.717) is 0 Å². The third-order valence-corrected chi connectivity index (χ3v) is 6.13. The molecule has 4 aromatic heterocycles. The van der Waals surface area contributed by atoms with Gasteiger partial charge in [-0.25, -0.2) is 19.6 Å². The van der Waals surface area contributed by atoms with E-state index >= 15 is 0 Å². The van der Waals surface area contributed by atoms with Gasteiger partial charge in [-0.3, -0.25) is 4.98 Å². The van der Waals surface area contributed by atoms with E-state index in [2.05, 4.69) is 42.8 Å². The Hall–Kier alpha value is -3.07. The molecule has 5 rings (SSSR count). The third-order valence-electron chi connectivity index (χ3n) is 5.17. The van der Waals surface area contributed by atoms with Gasteiger partial charge in [-0.1, -0.05) is 0 Å². The minimum Gasteiger partial charge on any atom is -0.352 e. The number of hydrogen-bond donors (Lipinski definition) is 0. The second-order valence-corrected chi connectivity index (χ2v) is 8.56. The van der Waals surface area contributed by atoms with Gasteiger partial charge in [-0.05, 0) is 32.9 Å². The van der Waals surface area contributed by atoms with Gasteiger partial charge >= 0.3 is 0 Å². The summed E-state index contributed by atoms with van der Waals surface area (Å²) < 4.78 is 1.85. The average Bonchev–Trinajstić information content (AvgIpc) is 3.28. The molecule has 1 aliphatic heterocycles. The Kier molecular flexibility index (Phi) is 4.39. The number of aromatic nitrogens is 6. The monoisotopic (exact) mass is 406 g/mol. The first kappa shape index (κ1) is 18.0. The highest BCUT2D eigenvalue weighted by Gasteiger charge is 2.22. The van der Waals surface area contributed by atoms with Crippen LogP contribution in [0.5, 0.6) is 0 Å². The molecule has 5 heterocycles. The maximum absolute atomic E-state index is 4.81. The second-order valence-electron chi connectivity index (χ2n) is 7.32. The molecule has 0 N–H and O–H groups in total. The lowest BCUT2D eigenvalue weighted by Crippen LogP contribution is -2.47. The molecule has 148 valence electrons. The number of aryl methyl sites for hydroxylation is 3. The normalized spacial score (nSPS) is 14.7. The van der Waals surface area contributed by atoms with Crippen LogP contribution in [0.15, 0.2) is 30.9 Å². The first-order valence-corrected chi connectivity index (χ1v) is 10.5. The first-order valence-electron chi connectivity index (χ1n) is 9.65. The van der Waals surface area contributed by atoms with Crippen LogP contribution in [0.2, 0.25) is 0 Å². The molecule has 1 saturated heterocycles. The fourth-order valence-electron chi connectivity index (χ4n) is 3.82. The summed E-state index contributed by atoms with van der Waals surface area (Å²) in [4.78, 5) is 25.1. The van der Waals surface area contributed by atoms with Crippen LogP contribution in [-0.2, 0) is 0 Å². The van der Waals surface area contributed by atoms with Crippen molar-refractivity contribution < 1.29 is 0 Å². The minimum absolute atomic E-state index is 0.752. The Morgan fingerprint density at radius 1 is 0.897 bits per heavy atom. The van der Waals surface area contributed by atoms with E-state index in [1.54, 1.807) is 23.9 Å². The summed E-state index contributed by atoms with van der Waals surface area (Å²) in [7, 11) is 0. The molecule has 0 radical (unpaired) electrons. The number of fused-ring (bicyclic) bond motifs is 1. The number of anilines is 2. The van der Waals surface area contributed by atoms with Crippen LogP contribution >= 0.6 is 11.3 Å². The van der Waals surface area contributed by atoms with Crippen molar-refractivity contribution in [1.82, 2.24) is 29.7 Å². The van der Waals surface area contributed by atoms with Crippen LogP contribution in [-0.4, -0.2) is 55.9 Å².